The Morgan fingerprint density at radius 2 is 1.89 bits per heavy atom. The standard InChI is InChI=1S/C14H16ClN3O/c1-14(2,3)18-13(19)10(8-16)9-17-12-6-4-11(15)5-7-12/h4-7,9,17H,1-3H3,(H,18,19)/b10-9-. The van der Waals surface area contributed by atoms with E-state index in [4.69, 9.17) is 16.9 Å². The Morgan fingerprint density at radius 3 is 2.37 bits per heavy atom. The Bertz CT molecular complexity index is 521. The first-order chi connectivity index (χ1) is 8.81. The second-order valence-corrected chi connectivity index (χ2v) is 5.46. The van der Waals surface area contributed by atoms with Crippen LogP contribution in [0.25, 0.3) is 0 Å². The van der Waals surface area contributed by atoms with E-state index in [-0.39, 0.29) is 11.1 Å². The summed E-state index contributed by atoms with van der Waals surface area (Å²) in [5.41, 5.74) is 0.387. The van der Waals surface area contributed by atoms with E-state index >= 15 is 0 Å². The van der Waals surface area contributed by atoms with Gasteiger partial charge in [0.2, 0.25) is 0 Å². The fourth-order valence-electron chi connectivity index (χ4n) is 1.26. The summed E-state index contributed by atoms with van der Waals surface area (Å²) in [5.74, 6) is -0.406. The van der Waals surface area contributed by atoms with E-state index in [2.05, 4.69) is 10.6 Å². The fraction of sp³-hybridized carbons (Fsp3) is 0.286. The number of halogens is 1. The quantitative estimate of drug-likeness (QED) is 0.659. The maximum Gasteiger partial charge on any atom is 0.263 e. The molecule has 0 saturated heterocycles. The number of nitrogens with one attached hydrogen (secondary N) is 2. The van der Waals surface area contributed by atoms with E-state index in [1.807, 2.05) is 26.8 Å². The zero-order valence-electron chi connectivity index (χ0n) is 11.1. The van der Waals surface area contributed by atoms with Crippen molar-refractivity contribution in [2.45, 2.75) is 26.3 Å². The van der Waals surface area contributed by atoms with Gasteiger partial charge >= 0.3 is 0 Å². The van der Waals surface area contributed by atoms with Crippen LogP contribution in [-0.4, -0.2) is 11.4 Å². The van der Waals surface area contributed by atoms with Crippen LogP contribution in [0.3, 0.4) is 0 Å². The van der Waals surface area contributed by atoms with E-state index in [0.29, 0.717) is 5.02 Å². The van der Waals surface area contributed by atoms with Crippen LogP contribution in [0.4, 0.5) is 5.69 Å². The van der Waals surface area contributed by atoms with Gasteiger partial charge in [-0.2, -0.15) is 5.26 Å². The van der Waals surface area contributed by atoms with Crippen molar-refractivity contribution in [2.24, 2.45) is 0 Å². The van der Waals surface area contributed by atoms with Gasteiger partial charge in [-0.05, 0) is 45.0 Å². The van der Waals surface area contributed by atoms with Crippen LogP contribution in [0, 0.1) is 11.3 Å². The topological polar surface area (TPSA) is 64.9 Å². The largest absolute Gasteiger partial charge is 0.360 e. The molecule has 0 saturated carbocycles. The van der Waals surface area contributed by atoms with Crippen molar-refractivity contribution < 1.29 is 4.79 Å². The number of hydrogen-bond acceptors (Lipinski definition) is 3. The molecule has 4 nitrogen and oxygen atoms in total. The van der Waals surface area contributed by atoms with Crippen LogP contribution < -0.4 is 10.6 Å². The van der Waals surface area contributed by atoms with Crippen LogP contribution in [0.2, 0.25) is 5.02 Å². The predicted octanol–water partition coefficient (Wildman–Crippen LogP) is 3.07. The monoisotopic (exact) mass is 277 g/mol. The van der Waals surface area contributed by atoms with Gasteiger partial charge in [-0.15, -0.1) is 0 Å². The third kappa shape index (κ3) is 5.45. The van der Waals surface area contributed by atoms with E-state index in [0.717, 1.165) is 5.69 Å². The van der Waals surface area contributed by atoms with Crippen molar-refractivity contribution in [2.75, 3.05) is 5.32 Å². The van der Waals surface area contributed by atoms with E-state index in [1.54, 1.807) is 24.3 Å². The summed E-state index contributed by atoms with van der Waals surface area (Å²) in [6, 6.07) is 8.83. The zero-order valence-corrected chi connectivity index (χ0v) is 11.9. The van der Waals surface area contributed by atoms with Crippen molar-refractivity contribution in [3.05, 3.63) is 41.1 Å². The second-order valence-electron chi connectivity index (χ2n) is 5.03. The molecule has 0 spiro atoms. The molecule has 19 heavy (non-hydrogen) atoms. The molecule has 0 heterocycles. The summed E-state index contributed by atoms with van der Waals surface area (Å²) in [6.07, 6.45) is 1.38. The summed E-state index contributed by atoms with van der Waals surface area (Å²) in [6.45, 7) is 5.56. The first-order valence-corrected chi connectivity index (χ1v) is 6.14. The Hall–Kier alpha value is -1.99. The lowest BCUT2D eigenvalue weighted by atomic mass is 10.1. The lowest BCUT2D eigenvalue weighted by Gasteiger charge is -2.20. The lowest BCUT2D eigenvalue weighted by molar-refractivity contribution is -0.118. The molecule has 0 radical (unpaired) electrons. The Labute approximate surface area is 118 Å². The van der Waals surface area contributed by atoms with E-state index in [1.165, 1.54) is 6.20 Å². The van der Waals surface area contributed by atoms with Crippen LogP contribution in [0.1, 0.15) is 20.8 Å². The molecule has 1 aromatic rings. The highest BCUT2D eigenvalue weighted by Gasteiger charge is 2.16. The summed E-state index contributed by atoms with van der Waals surface area (Å²) >= 11 is 5.77. The molecule has 0 unspecified atom stereocenters. The maximum atomic E-state index is 11.8. The van der Waals surface area contributed by atoms with Gasteiger partial charge in [-0.1, -0.05) is 11.6 Å². The van der Waals surface area contributed by atoms with Crippen molar-refractivity contribution in [1.82, 2.24) is 5.32 Å². The smallest absolute Gasteiger partial charge is 0.263 e. The molecule has 0 fully saturated rings. The number of benzene rings is 1. The van der Waals surface area contributed by atoms with E-state index in [9.17, 15) is 4.79 Å². The third-order valence-electron chi connectivity index (χ3n) is 2.08. The highest BCUT2D eigenvalue weighted by atomic mass is 35.5. The lowest BCUT2D eigenvalue weighted by Crippen LogP contribution is -2.41. The Morgan fingerprint density at radius 1 is 1.32 bits per heavy atom. The molecule has 0 aromatic heterocycles. The summed E-state index contributed by atoms with van der Waals surface area (Å²) in [4.78, 5) is 11.8. The number of carbonyl (C=O) groups is 1. The van der Waals surface area contributed by atoms with Crippen LogP contribution in [-0.2, 0) is 4.79 Å². The molecular formula is C14H16ClN3O. The highest BCUT2D eigenvalue weighted by Crippen LogP contribution is 2.13. The molecular weight excluding hydrogens is 262 g/mol. The minimum Gasteiger partial charge on any atom is -0.360 e. The molecule has 0 atom stereocenters. The zero-order chi connectivity index (χ0) is 14.5. The van der Waals surface area contributed by atoms with Gasteiger partial charge in [0.1, 0.15) is 11.6 Å². The van der Waals surface area contributed by atoms with Crippen molar-refractivity contribution in [3.63, 3.8) is 0 Å². The molecule has 5 heteroatoms. The Balaban J connectivity index is 2.75. The second kappa shape index (κ2) is 6.26. The van der Waals surface area contributed by atoms with E-state index < -0.39 is 5.91 Å². The van der Waals surface area contributed by atoms with Crippen LogP contribution in [0.5, 0.6) is 0 Å². The number of anilines is 1. The van der Waals surface area contributed by atoms with Gasteiger partial charge in [0.25, 0.3) is 5.91 Å². The summed E-state index contributed by atoms with van der Waals surface area (Å²) in [7, 11) is 0. The average Bonchev–Trinajstić information content (AvgIpc) is 2.30. The van der Waals surface area contributed by atoms with Gasteiger partial charge in [0, 0.05) is 22.4 Å². The van der Waals surface area contributed by atoms with Crippen molar-refractivity contribution >= 4 is 23.2 Å². The minimum atomic E-state index is -0.406. The molecule has 100 valence electrons. The normalized spacial score (nSPS) is 11.6. The SMILES string of the molecule is CC(C)(C)NC(=O)/C(C#N)=C\Nc1ccc(Cl)cc1. The van der Waals surface area contributed by atoms with Gasteiger partial charge in [0.05, 0.1) is 0 Å². The summed E-state index contributed by atoms with van der Waals surface area (Å²) in [5, 5.41) is 15.2. The van der Waals surface area contributed by atoms with Crippen LogP contribution >= 0.6 is 11.6 Å². The molecule has 0 aliphatic carbocycles. The van der Waals surface area contributed by atoms with Gasteiger partial charge in [-0.25, -0.2) is 0 Å². The number of rotatable bonds is 3. The van der Waals surface area contributed by atoms with Crippen LogP contribution in [0.15, 0.2) is 36.0 Å². The number of carbonyl (C=O) groups excluding carboxylic acids is 1. The average molecular weight is 278 g/mol. The molecule has 2 N–H and O–H groups in total. The third-order valence-corrected chi connectivity index (χ3v) is 2.33. The molecule has 1 amide bonds. The summed E-state index contributed by atoms with van der Waals surface area (Å²) < 4.78 is 0. The van der Waals surface area contributed by atoms with Crippen molar-refractivity contribution in [3.8, 4) is 6.07 Å². The number of nitrogens with zero attached hydrogens (tertiary/aromatic N) is 1. The fourth-order valence-corrected chi connectivity index (χ4v) is 1.38. The predicted molar refractivity (Wildman–Crippen MR) is 76.7 cm³/mol. The maximum absolute atomic E-state index is 11.8. The molecule has 1 rings (SSSR count). The molecule has 0 bridgehead atoms. The van der Waals surface area contributed by atoms with Gasteiger partial charge < -0.3 is 10.6 Å². The molecule has 1 aromatic carbocycles. The first-order valence-electron chi connectivity index (χ1n) is 5.77. The van der Waals surface area contributed by atoms with Gasteiger partial charge in [0.15, 0.2) is 0 Å². The Kier molecular flexibility index (Phi) is 4.96. The number of hydrogen-bond donors (Lipinski definition) is 2. The van der Waals surface area contributed by atoms with Gasteiger partial charge in [-0.3, -0.25) is 4.79 Å². The van der Waals surface area contributed by atoms with Crippen molar-refractivity contribution in [1.29, 1.82) is 5.26 Å². The highest BCUT2D eigenvalue weighted by molar-refractivity contribution is 6.30. The first kappa shape index (κ1) is 15.1. The minimum absolute atomic E-state index is 0.0184. The molecule has 0 aliphatic heterocycles. The molecule has 0 aliphatic rings. The number of amides is 1. The number of nitriles is 1.